The molecular weight excluding hydrogens is 374 g/mol. The molecule has 2 heterocycles. The molecule has 0 aromatic heterocycles. The number of aliphatic hydroxyl groups excluding tert-OH is 1. The third kappa shape index (κ3) is 4.49. The maximum Gasteiger partial charge on any atom is 0.305 e. The molecular formula is C18H25NO7S. The molecule has 0 bridgehead atoms. The Hall–Kier alpha value is -1.52. The van der Waals surface area contributed by atoms with E-state index in [9.17, 15) is 18.3 Å². The Bertz CT molecular complexity index is 782. The van der Waals surface area contributed by atoms with E-state index >= 15 is 0 Å². The standard InChI is InChI=1S/C18H25NO7S/c1-12-4-2-3-5-17(12)27(23,24)19-9-13(20)10-25-11-16-15(19)7-6-14(26-16)8-18(21)22/h2-5,13-16,20H,6-11H2,1H3,(H,21,22)/t13-,14-,15-,16+/m0/s1. The molecule has 2 N–H and O–H groups in total. The van der Waals surface area contributed by atoms with Crippen LogP contribution in [0.25, 0.3) is 0 Å². The predicted octanol–water partition coefficient (Wildman–Crippen LogP) is 0.768. The van der Waals surface area contributed by atoms with Gasteiger partial charge in [-0.25, -0.2) is 8.42 Å². The molecule has 150 valence electrons. The zero-order valence-corrected chi connectivity index (χ0v) is 16.0. The van der Waals surface area contributed by atoms with Gasteiger partial charge in [-0.2, -0.15) is 4.31 Å². The van der Waals surface area contributed by atoms with Crippen molar-refractivity contribution in [3.05, 3.63) is 29.8 Å². The lowest BCUT2D eigenvalue weighted by Gasteiger charge is -2.43. The Balaban J connectivity index is 1.92. The number of aryl methyl sites for hydroxylation is 1. The maximum atomic E-state index is 13.4. The molecule has 0 unspecified atom stereocenters. The van der Waals surface area contributed by atoms with Crippen LogP contribution >= 0.6 is 0 Å². The molecule has 27 heavy (non-hydrogen) atoms. The monoisotopic (exact) mass is 399 g/mol. The minimum atomic E-state index is -3.85. The van der Waals surface area contributed by atoms with Crippen LogP contribution in [0.5, 0.6) is 0 Å². The number of sulfonamides is 1. The summed E-state index contributed by atoms with van der Waals surface area (Å²) < 4.78 is 39.3. The van der Waals surface area contributed by atoms with Gasteiger partial charge in [0.15, 0.2) is 0 Å². The Morgan fingerprint density at radius 1 is 1.26 bits per heavy atom. The molecule has 0 radical (unpaired) electrons. The molecule has 0 saturated carbocycles. The quantitative estimate of drug-likeness (QED) is 0.769. The topological polar surface area (TPSA) is 113 Å². The van der Waals surface area contributed by atoms with Crippen molar-refractivity contribution in [1.29, 1.82) is 0 Å². The molecule has 1 aromatic rings. The highest BCUT2D eigenvalue weighted by molar-refractivity contribution is 7.89. The molecule has 9 heteroatoms. The Morgan fingerprint density at radius 3 is 2.70 bits per heavy atom. The third-order valence-corrected chi connectivity index (χ3v) is 7.07. The molecule has 2 saturated heterocycles. The van der Waals surface area contributed by atoms with Crippen molar-refractivity contribution < 1.29 is 32.9 Å². The Labute approximate surface area is 158 Å². The number of carboxylic acid groups (broad SMARTS) is 1. The van der Waals surface area contributed by atoms with E-state index in [0.717, 1.165) is 0 Å². The molecule has 0 amide bonds. The van der Waals surface area contributed by atoms with Crippen molar-refractivity contribution in [2.75, 3.05) is 19.8 Å². The summed E-state index contributed by atoms with van der Waals surface area (Å²) in [5, 5.41) is 19.2. The Kier molecular flexibility index (Phi) is 6.17. The number of fused-ring (bicyclic) bond motifs is 1. The number of ether oxygens (including phenoxy) is 2. The lowest BCUT2D eigenvalue weighted by molar-refractivity contribution is -0.155. The van der Waals surface area contributed by atoms with E-state index in [2.05, 4.69) is 0 Å². The van der Waals surface area contributed by atoms with Gasteiger partial charge in [-0.1, -0.05) is 18.2 Å². The predicted molar refractivity (Wildman–Crippen MR) is 95.8 cm³/mol. The van der Waals surface area contributed by atoms with Crippen LogP contribution in [-0.2, 0) is 24.3 Å². The summed E-state index contributed by atoms with van der Waals surface area (Å²) in [6.07, 6.45) is -1.24. The van der Waals surface area contributed by atoms with Gasteiger partial charge in [0, 0.05) is 6.54 Å². The minimum absolute atomic E-state index is 0.00400. The van der Waals surface area contributed by atoms with Crippen molar-refractivity contribution in [1.82, 2.24) is 4.31 Å². The van der Waals surface area contributed by atoms with Gasteiger partial charge in [-0.05, 0) is 31.4 Å². The summed E-state index contributed by atoms with van der Waals surface area (Å²) in [5.74, 6) is -0.954. The fourth-order valence-corrected chi connectivity index (χ4v) is 5.68. The minimum Gasteiger partial charge on any atom is -0.481 e. The first-order valence-corrected chi connectivity index (χ1v) is 10.4. The molecule has 2 aliphatic rings. The number of hydrogen-bond donors (Lipinski definition) is 2. The number of carbonyl (C=O) groups is 1. The summed E-state index contributed by atoms with van der Waals surface area (Å²) >= 11 is 0. The molecule has 2 aliphatic heterocycles. The third-order valence-electron chi connectivity index (χ3n) is 5.02. The van der Waals surface area contributed by atoms with E-state index in [0.29, 0.717) is 18.4 Å². The lowest BCUT2D eigenvalue weighted by Crippen LogP contribution is -2.57. The normalized spacial score (nSPS) is 30.1. The highest BCUT2D eigenvalue weighted by atomic mass is 32.2. The van der Waals surface area contributed by atoms with Gasteiger partial charge < -0.3 is 19.7 Å². The second-order valence-electron chi connectivity index (χ2n) is 7.07. The number of carboxylic acids is 1. The van der Waals surface area contributed by atoms with Crippen molar-refractivity contribution in [3.63, 3.8) is 0 Å². The number of β-amino-alcohol motifs (C(OH)–C–C–N with tert-alkyl or cyclic N) is 1. The van der Waals surface area contributed by atoms with Crippen LogP contribution < -0.4 is 0 Å². The molecule has 4 atom stereocenters. The van der Waals surface area contributed by atoms with E-state index in [4.69, 9.17) is 14.6 Å². The average Bonchev–Trinajstić information content (AvgIpc) is 2.58. The number of aliphatic carboxylic acids is 1. The van der Waals surface area contributed by atoms with Crippen molar-refractivity contribution >= 4 is 16.0 Å². The number of aliphatic hydroxyl groups is 1. The number of benzene rings is 1. The molecule has 3 rings (SSSR count). The van der Waals surface area contributed by atoms with E-state index < -0.39 is 40.3 Å². The smallest absolute Gasteiger partial charge is 0.305 e. The molecule has 2 fully saturated rings. The number of hydrogen-bond acceptors (Lipinski definition) is 6. The first-order chi connectivity index (χ1) is 12.8. The van der Waals surface area contributed by atoms with Gasteiger partial charge in [0.25, 0.3) is 0 Å². The van der Waals surface area contributed by atoms with E-state index in [1.165, 1.54) is 4.31 Å². The number of nitrogens with zero attached hydrogens (tertiary/aromatic N) is 1. The van der Waals surface area contributed by atoms with Crippen LogP contribution in [0.15, 0.2) is 29.2 Å². The highest BCUT2D eigenvalue weighted by Crippen LogP contribution is 2.32. The van der Waals surface area contributed by atoms with Gasteiger partial charge in [0.2, 0.25) is 10.0 Å². The molecule has 8 nitrogen and oxygen atoms in total. The average molecular weight is 399 g/mol. The van der Waals surface area contributed by atoms with Gasteiger partial charge >= 0.3 is 5.97 Å². The summed E-state index contributed by atoms with van der Waals surface area (Å²) in [4.78, 5) is 11.2. The lowest BCUT2D eigenvalue weighted by atomic mass is 9.96. The Morgan fingerprint density at radius 2 is 2.00 bits per heavy atom. The number of rotatable bonds is 4. The molecule has 0 aliphatic carbocycles. The van der Waals surface area contributed by atoms with Gasteiger partial charge in [-0.3, -0.25) is 4.79 Å². The molecule has 0 spiro atoms. The van der Waals surface area contributed by atoms with Crippen LogP contribution in [0.3, 0.4) is 0 Å². The zero-order valence-electron chi connectivity index (χ0n) is 15.2. The first kappa shape index (κ1) is 20.2. The van der Waals surface area contributed by atoms with Crippen LogP contribution in [0.1, 0.15) is 24.8 Å². The molecule has 1 aromatic carbocycles. The van der Waals surface area contributed by atoms with Gasteiger partial charge in [-0.15, -0.1) is 0 Å². The van der Waals surface area contributed by atoms with Crippen LogP contribution in [-0.4, -0.2) is 73.0 Å². The van der Waals surface area contributed by atoms with Gasteiger partial charge in [0.1, 0.15) is 0 Å². The second-order valence-corrected chi connectivity index (χ2v) is 8.93. The van der Waals surface area contributed by atoms with Crippen molar-refractivity contribution in [2.45, 2.75) is 55.4 Å². The fraction of sp³-hybridized carbons (Fsp3) is 0.611. The van der Waals surface area contributed by atoms with Crippen LogP contribution in [0, 0.1) is 6.92 Å². The fourth-order valence-electron chi connectivity index (χ4n) is 3.74. The van der Waals surface area contributed by atoms with Crippen molar-refractivity contribution in [3.8, 4) is 0 Å². The van der Waals surface area contributed by atoms with Gasteiger partial charge in [0.05, 0.1) is 48.9 Å². The summed E-state index contributed by atoms with van der Waals surface area (Å²) in [7, 11) is -3.85. The van der Waals surface area contributed by atoms with E-state index in [1.807, 2.05) is 0 Å². The largest absolute Gasteiger partial charge is 0.481 e. The maximum absolute atomic E-state index is 13.4. The van der Waals surface area contributed by atoms with Crippen LogP contribution in [0.2, 0.25) is 0 Å². The van der Waals surface area contributed by atoms with Crippen molar-refractivity contribution in [2.24, 2.45) is 0 Å². The summed E-state index contributed by atoms with van der Waals surface area (Å²) in [5.41, 5.74) is 0.627. The SMILES string of the molecule is Cc1ccccc1S(=O)(=O)N1C[C@H](O)COC[C@H]2O[C@H](CC(=O)O)CC[C@@H]21. The van der Waals surface area contributed by atoms with E-state index in [1.54, 1.807) is 31.2 Å². The van der Waals surface area contributed by atoms with Crippen LogP contribution in [0.4, 0.5) is 0 Å². The summed E-state index contributed by atoms with van der Waals surface area (Å²) in [6.45, 7) is 1.74. The highest BCUT2D eigenvalue weighted by Gasteiger charge is 2.43. The zero-order chi connectivity index (χ0) is 19.6. The summed E-state index contributed by atoms with van der Waals surface area (Å²) in [6, 6.07) is 6.20. The first-order valence-electron chi connectivity index (χ1n) is 8.99. The second kappa shape index (κ2) is 8.24. The van der Waals surface area contributed by atoms with E-state index in [-0.39, 0.29) is 31.1 Å².